The number of amides is 2. The number of thiocarbonyl (C=S) groups is 1. The minimum Gasteiger partial charge on any atom is -0.266 e. The highest BCUT2D eigenvalue weighted by Gasteiger charge is 2.34. The minimum absolute atomic E-state index is 0.276. The van der Waals surface area contributed by atoms with Crippen LogP contribution in [0, 0.1) is 0 Å². The average molecular weight is 381 g/mol. The van der Waals surface area contributed by atoms with Gasteiger partial charge in [-0.05, 0) is 41.4 Å². The van der Waals surface area contributed by atoms with E-state index in [-0.39, 0.29) is 16.1 Å². The molecule has 1 saturated heterocycles. The van der Waals surface area contributed by atoms with E-state index >= 15 is 0 Å². The number of carbonyl (C=O) groups excluding carboxylic acids is 2. The summed E-state index contributed by atoms with van der Waals surface area (Å²) in [6.45, 7) is 0. The normalized spacial score (nSPS) is 16.2. The van der Waals surface area contributed by atoms with Gasteiger partial charge in [-0.25, -0.2) is 0 Å². The van der Waals surface area contributed by atoms with Crippen LogP contribution in [0.2, 0.25) is 5.02 Å². The standard InChI is InChI=1S/C15H9ClN2O2S3/c16-10-5-2-1-4-9(10)8-12-14(20)18(15(21)23-12)17-13(19)11-6-3-7-22-11/h1-8H,(H,17,19)/b12-8-. The van der Waals surface area contributed by atoms with Gasteiger partial charge in [0.15, 0.2) is 4.32 Å². The van der Waals surface area contributed by atoms with E-state index in [1.54, 1.807) is 35.7 Å². The van der Waals surface area contributed by atoms with Crippen LogP contribution < -0.4 is 5.43 Å². The van der Waals surface area contributed by atoms with E-state index in [1.807, 2.05) is 12.1 Å². The quantitative estimate of drug-likeness (QED) is 0.647. The molecule has 0 unspecified atom stereocenters. The lowest BCUT2D eigenvalue weighted by Crippen LogP contribution is -2.44. The first-order valence-electron chi connectivity index (χ1n) is 6.43. The van der Waals surface area contributed by atoms with Crippen LogP contribution in [0.5, 0.6) is 0 Å². The van der Waals surface area contributed by atoms with Gasteiger partial charge in [0.1, 0.15) is 0 Å². The highest BCUT2D eigenvalue weighted by molar-refractivity contribution is 8.26. The van der Waals surface area contributed by atoms with Crippen LogP contribution in [0.3, 0.4) is 0 Å². The molecule has 2 heterocycles. The molecule has 2 aromatic rings. The minimum atomic E-state index is -0.371. The lowest BCUT2D eigenvalue weighted by Gasteiger charge is -2.14. The Morgan fingerprint density at radius 3 is 2.74 bits per heavy atom. The second kappa shape index (κ2) is 6.84. The molecule has 3 rings (SSSR count). The number of rotatable bonds is 3. The van der Waals surface area contributed by atoms with E-state index in [0.717, 1.165) is 22.3 Å². The van der Waals surface area contributed by atoms with Crippen molar-refractivity contribution in [1.82, 2.24) is 10.4 Å². The van der Waals surface area contributed by atoms with Gasteiger partial charge < -0.3 is 0 Å². The van der Waals surface area contributed by atoms with Gasteiger partial charge in [-0.1, -0.05) is 47.6 Å². The van der Waals surface area contributed by atoms with Gasteiger partial charge in [0.25, 0.3) is 11.8 Å². The maximum atomic E-state index is 12.4. The van der Waals surface area contributed by atoms with Crippen LogP contribution in [-0.4, -0.2) is 21.1 Å². The van der Waals surface area contributed by atoms with Gasteiger partial charge in [-0.3, -0.25) is 15.0 Å². The largest absolute Gasteiger partial charge is 0.285 e. The SMILES string of the molecule is O=C(NN1C(=O)/C(=C/c2ccccc2Cl)SC1=S)c1cccs1. The first kappa shape index (κ1) is 16.2. The fourth-order valence-corrected chi connectivity index (χ4v) is 3.84. The van der Waals surface area contributed by atoms with Gasteiger partial charge in [-0.2, -0.15) is 5.01 Å². The van der Waals surface area contributed by atoms with Crippen molar-refractivity contribution in [3.63, 3.8) is 0 Å². The van der Waals surface area contributed by atoms with Crippen LogP contribution in [0.4, 0.5) is 0 Å². The van der Waals surface area contributed by atoms with Crippen LogP contribution >= 0.6 is 46.9 Å². The maximum Gasteiger partial charge on any atom is 0.285 e. The maximum absolute atomic E-state index is 12.4. The molecule has 0 atom stereocenters. The molecule has 1 aromatic heterocycles. The summed E-state index contributed by atoms with van der Waals surface area (Å²) in [5.41, 5.74) is 3.25. The molecule has 0 spiro atoms. The topological polar surface area (TPSA) is 49.4 Å². The van der Waals surface area contributed by atoms with Crippen molar-refractivity contribution in [1.29, 1.82) is 0 Å². The molecule has 0 saturated carbocycles. The Labute approximate surface area is 151 Å². The molecule has 1 aliphatic rings. The van der Waals surface area contributed by atoms with Crippen molar-refractivity contribution >= 4 is 69.1 Å². The number of benzene rings is 1. The predicted octanol–water partition coefficient (Wildman–Crippen LogP) is 3.95. The van der Waals surface area contributed by atoms with E-state index in [0.29, 0.717) is 14.8 Å². The van der Waals surface area contributed by atoms with Crippen molar-refractivity contribution < 1.29 is 9.59 Å². The number of nitrogens with one attached hydrogen (secondary N) is 1. The zero-order valence-electron chi connectivity index (χ0n) is 11.5. The fraction of sp³-hybridized carbons (Fsp3) is 0. The average Bonchev–Trinajstić information content (AvgIpc) is 3.14. The number of nitrogens with zero attached hydrogens (tertiary/aromatic N) is 1. The molecular formula is C15H9ClN2O2S3. The fourth-order valence-electron chi connectivity index (χ4n) is 1.86. The van der Waals surface area contributed by atoms with Gasteiger partial charge >= 0.3 is 0 Å². The van der Waals surface area contributed by atoms with E-state index in [2.05, 4.69) is 5.43 Å². The molecular weight excluding hydrogens is 372 g/mol. The van der Waals surface area contributed by atoms with Gasteiger partial charge in [0.05, 0.1) is 9.78 Å². The molecule has 4 nitrogen and oxygen atoms in total. The zero-order valence-corrected chi connectivity index (χ0v) is 14.7. The van der Waals surface area contributed by atoms with Gasteiger partial charge in [0.2, 0.25) is 0 Å². The van der Waals surface area contributed by atoms with E-state index in [9.17, 15) is 9.59 Å². The number of hydrazine groups is 1. The number of thiophene rings is 1. The lowest BCUT2D eigenvalue weighted by atomic mass is 10.2. The van der Waals surface area contributed by atoms with Crippen molar-refractivity contribution in [3.05, 3.63) is 62.1 Å². The molecule has 2 amide bonds. The Hall–Kier alpha value is -1.67. The Morgan fingerprint density at radius 2 is 2.04 bits per heavy atom. The Balaban J connectivity index is 1.80. The Bertz CT molecular complexity index is 818. The number of thioether (sulfide) groups is 1. The molecule has 8 heteroatoms. The summed E-state index contributed by atoms with van der Waals surface area (Å²) < 4.78 is 0.276. The van der Waals surface area contributed by atoms with Crippen LogP contribution in [0.25, 0.3) is 6.08 Å². The van der Waals surface area contributed by atoms with Crippen molar-refractivity contribution in [2.24, 2.45) is 0 Å². The summed E-state index contributed by atoms with van der Waals surface area (Å²) >= 11 is 13.7. The summed E-state index contributed by atoms with van der Waals surface area (Å²) in [7, 11) is 0. The molecule has 1 N–H and O–H groups in total. The predicted molar refractivity (Wildman–Crippen MR) is 98.2 cm³/mol. The highest BCUT2D eigenvalue weighted by Crippen LogP contribution is 2.32. The van der Waals surface area contributed by atoms with Crippen molar-refractivity contribution in [2.45, 2.75) is 0 Å². The molecule has 1 aromatic carbocycles. The Kier molecular flexibility index (Phi) is 4.82. The molecule has 116 valence electrons. The number of halogens is 1. The van der Waals surface area contributed by atoms with E-state index in [4.69, 9.17) is 23.8 Å². The number of carbonyl (C=O) groups is 2. The lowest BCUT2D eigenvalue weighted by molar-refractivity contribution is -0.123. The summed E-state index contributed by atoms with van der Waals surface area (Å²) in [4.78, 5) is 25.4. The number of hydrogen-bond donors (Lipinski definition) is 1. The monoisotopic (exact) mass is 380 g/mol. The van der Waals surface area contributed by atoms with Gasteiger partial charge in [-0.15, -0.1) is 11.3 Å². The number of hydrogen-bond acceptors (Lipinski definition) is 5. The summed E-state index contributed by atoms with van der Waals surface area (Å²) in [5, 5.41) is 3.42. The highest BCUT2D eigenvalue weighted by atomic mass is 35.5. The Morgan fingerprint density at radius 1 is 1.26 bits per heavy atom. The third-order valence-corrected chi connectivity index (χ3v) is 5.46. The third-order valence-electron chi connectivity index (χ3n) is 2.94. The molecule has 1 aliphatic heterocycles. The first-order valence-corrected chi connectivity index (χ1v) is 8.91. The van der Waals surface area contributed by atoms with Crippen molar-refractivity contribution in [3.8, 4) is 0 Å². The van der Waals surface area contributed by atoms with Gasteiger partial charge in [0, 0.05) is 5.02 Å². The first-order chi connectivity index (χ1) is 11.1. The summed E-state index contributed by atoms with van der Waals surface area (Å²) in [5.74, 6) is -0.736. The van der Waals surface area contributed by atoms with Crippen LogP contribution in [0.1, 0.15) is 15.2 Å². The van der Waals surface area contributed by atoms with Crippen molar-refractivity contribution in [2.75, 3.05) is 0 Å². The third kappa shape index (κ3) is 3.48. The molecule has 0 bridgehead atoms. The van der Waals surface area contributed by atoms with E-state index in [1.165, 1.54) is 11.3 Å². The smallest absolute Gasteiger partial charge is 0.266 e. The zero-order chi connectivity index (χ0) is 16.4. The molecule has 0 aliphatic carbocycles. The summed E-state index contributed by atoms with van der Waals surface area (Å²) in [6, 6.07) is 10.6. The second-order valence-electron chi connectivity index (χ2n) is 4.46. The summed E-state index contributed by atoms with van der Waals surface area (Å²) in [6.07, 6.45) is 1.67. The van der Waals surface area contributed by atoms with Crippen LogP contribution in [0.15, 0.2) is 46.7 Å². The molecule has 23 heavy (non-hydrogen) atoms. The van der Waals surface area contributed by atoms with E-state index < -0.39 is 0 Å². The molecule has 0 radical (unpaired) electrons. The molecule has 1 fully saturated rings. The van der Waals surface area contributed by atoms with Crippen LogP contribution in [-0.2, 0) is 4.79 Å². The second-order valence-corrected chi connectivity index (χ2v) is 7.49.